The zero-order valence-electron chi connectivity index (χ0n) is 24.8. The van der Waals surface area contributed by atoms with Gasteiger partial charge in [-0.15, -0.1) is 0 Å². The van der Waals surface area contributed by atoms with E-state index in [2.05, 4.69) is 55.4 Å². The van der Waals surface area contributed by atoms with Gasteiger partial charge in [0.2, 0.25) is 0 Å². The quantitative estimate of drug-likeness (QED) is 0.324. The second kappa shape index (κ2) is 10.4. The van der Waals surface area contributed by atoms with Crippen molar-refractivity contribution in [2.24, 2.45) is 44.8 Å². The van der Waals surface area contributed by atoms with Gasteiger partial charge in [0.15, 0.2) is 0 Å². The van der Waals surface area contributed by atoms with E-state index >= 15 is 0 Å². The van der Waals surface area contributed by atoms with E-state index in [1.165, 1.54) is 25.7 Å². The molecule has 0 aromatic heterocycles. The maximum absolute atomic E-state index is 12.4. The lowest BCUT2D eigenvalue weighted by Gasteiger charge is -2.46. The van der Waals surface area contributed by atoms with Gasteiger partial charge in [0.1, 0.15) is 0 Å². The summed E-state index contributed by atoms with van der Waals surface area (Å²) < 4.78 is 61.3. The molecule has 210 valence electrons. The molecule has 0 radical (unpaired) electrons. The van der Waals surface area contributed by atoms with Crippen LogP contribution >= 0.6 is 0 Å². The highest BCUT2D eigenvalue weighted by Crippen LogP contribution is 2.59. The van der Waals surface area contributed by atoms with Crippen LogP contribution in [0, 0.1) is 44.8 Å². The van der Waals surface area contributed by atoms with Gasteiger partial charge < -0.3 is 0 Å². The van der Waals surface area contributed by atoms with E-state index in [4.69, 9.17) is 0 Å². The van der Waals surface area contributed by atoms with Crippen molar-refractivity contribution in [1.29, 1.82) is 0 Å². The largest absolute Gasteiger partial charge is 0.394 e. The molecule has 0 N–H and O–H groups in total. The summed E-state index contributed by atoms with van der Waals surface area (Å²) in [4.78, 5) is 0. The van der Waals surface area contributed by atoms with E-state index in [-0.39, 0.29) is 24.2 Å². The number of halogens is 5. The summed E-state index contributed by atoms with van der Waals surface area (Å²) in [6, 6.07) is 0. The van der Waals surface area contributed by atoms with Crippen LogP contribution in [0.25, 0.3) is 0 Å². The zero-order valence-corrected chi connectivity index (χ0v) is 24.8. The van der Waals surface area contributed by atoms with Crippen molar-refractivity contribution in [3.63, 3.8) is 0 Å². The molecule has 0 spiro atoms. The maximum Gasteiger partial charge on any atom is 0.394 e. The fourth-order valence-electron chi connectivity index (χ4n) is 4.58. The zero-order chi connectivity index (χ0) is 27.9. The maximum atomic E-state index is 12.4. The van der Waals surface area contributed by atoms with E-state index < -0.39 is 17.5 Å². The molecule has 4 aliphatic carbocycles. The summed E-state index contributed by atoms with van der Waals surface area (Å²) in [7, 11) is 0. The highest BCUT2D eigenvalue weighted by atomic mass is 19.4. The highest BCUT2D eigenvalue weighted by molar-refractivity contribution is 4.98. The van der Waals surface area contributed by atoms with Crippen molar-refractivity contribution in [1.82, 2.24) is 0 Å². The average Bonchev–Trinajstić information content (AvgIpc) is 3.48. The van der Waals surface area contributed by atoms with Crippen molar-refractivity contribution in [2.75, 3.05) is 0 Å². The lowest BCUT2D eigenvalue weighted by atomic mass is 9.61. The fraction of sp³-hybridized carbons (Fsp3) is 1.00. The van der Waals surface area contributed by atoms with Crippen molar-refractivity contribution in [2.45, 2.75) is 147 Å². The molecule has 0 nitrogen and oxygen atoms in total. The molecule has 4 saturated carbocycles. The first-order chi connectivity index (χ1) is 15.4. The van der Waals surface area contributed by atoms with Crippen molar-refractivity contribution < 1.29 is 22.0 Å². The number of hydrogen-bond acceptors (Lipinski definition) is 0. The predicted molar refractivity (Wildman–Crippen MR) is 139 cm³/mol. The van der Waals surface area contributed by atoms with Gasteiger partial charge in [0, 0.05) is 12.3 Å². The standard InChI is InChI=1S/C8H13F3.2C8H16.C6H10F2/c1-6(2)7(4-3-5-7)8(9,10)11;2*1-7(2,3)8(4)5-6-8;1-4(2)5-3-6(5,7)8/h6H,3-5H2,1-2H3;2*5-6H2,1-4H3;4-5H,3H2,1-2H3. The summed E-state index contributed by atoms with van der Waals surface area (Å²) in [5.41, 5.74) is 1.13. The van der Waals surface area contributed by atoms with Gasteiger partial charge in [-0.25, -0.2) is 8.78 Å². The third-order valence-corrected chi connectivity index (χ3v) is 10.2. The average molecular weight is 511 g/mol. The van der Waals surface area contributed by atoms with Gasteiger partial charge in [-0.1, -0.05) is 89.5 Å². The van der Waals surface area contributed by atoms with E-state index in [1.54, 1.807) is 13.8 Å². The Kier molecular flexibility index (Phi) is 9.74. The second-order valence-corrected chi connectivity index (χ2v) is 15.1. The predicted octanol–water partition coefficient (Wildman–Crippen LogP) is 11.3. The van der Waals surface area contributed by atoms with Crippen LogP contribution in [0.2, 0.25) is 0 Å². The van der Waals surface area contributed by atoms with Gasteiger partial charge in [0.25, 0.3) is 5.92 Å². The molecule has 0 amide bonds. The fourth-order valence-corrected chi connectivity index (χ4v) is 4.58. The Morgan fingerprint density at radius 3 is 0.971 bits per heavy atom. The van der Waals surface area contributed by atoms with Crippen LogP contribution in [0.5, 0.6) is 0 Å². The third kappa shape index (κ3) is 8.32. The van der Waals surface area contributed by atoms with E-state index in [0.717, 1.165) is 6.42 Å². The van der Waals surface area contributed by atoms with Gasteiger partial charge >= 0.3 is 6.18 Å². The van der Waals surface area contributed by atoms with Gasteiger partial charge in [0.05, 0.1) is 5.41 Å². The minimum Gasteiger partial charge on any atom is -0.207 e. The normalized spacial score (nSPS) is 26.7. The molecule has 4 rings (SSSR count). The molecule has 1 atom stereocenters. The minimum absolute atomic E-state index is 0.116. The Bertz CT molecular complexity index is 626. The molecule has 4 aliphatic rings. The molecule has 0 aliphatic heterocycles. The van der Waals surface area contributed by atoms with Crippen LogP contribution < -0.4 is 0 Å². The van der Waals surface area contributed by atoms with Crippen LogP contribution in [0.3, 0.4) is 0 Å². The summed E-state index contributed by atoms with van der Waals surface area (Å²) in [6.45, 7) is 25.8. The lowest BCUT2D eigenvalue weighted by molar-refractivity contribution is -0.267. The Labute approximate surface area is 213 Å². The first kappa shape index (κ1) is 32.7. The van der Waals surface area contributed by atoms with Gasteiger partial charge in [-0.05, 0) is 72.0 Å². The third-order valence-electron chi connectivity index (χ3n) is 10.2. The molecule has 0 saturated heterocycles. The first-order valence-electron chi connectivity index (χ1n) is 13.8. The smallest absolute Gasteiger partial charge is 0.207 e. The molecule has 0 aromatic rings. The van der Waals surface area contributed by atoms with Gasteiger partial charge in [-0.3, -0.25) is 0 Å². The Morgan fingerprint density at radius 1 is 0.657 bits per heavy atom. The number of alkyl halides is 5. The molecule has 35 heavy (non-hydrogen) atoms. The van der Waals surface area contributed by atoms with Crippen LogP contribution in [0.15, 0.2) is 0 Å². The Morgan fingerprint density at radius 2 is 0.971 bits per heavy atom. The van der Waals surface area contributed by atoms with E-state index in [9.17, 15) is 22.0 Å². The van der Waals surface area contributed by atoms with Crippen molar-refractivity contribution in [3.05, 3.63) is 0 Å². The molecule has 0 bridgehead atoms. The van der Waals surface area contributed by atoms with Crippen LogP contribution in [0.4, 0.5) is 22.0 Å². The summed E-state index contributed by atoms with van der Waals surface area (Å²) >= 11 is 0. The van der Waals surface area contributed by atoms with Crippen molar-refractivity contribution >= 4 is 0 Å². The van der Waals surface area contributed by atoms with Crippen LogP contribution in [-0.4, -0.2) is 12.1 Å². The highest BCUT2D eigenvalue weighted by Gasteiger charge is 2.59. The lowest BCUT2D eigenvalue weighted by Crippen LogP contribution is -2.47. The Balaban J connectivity index is 0.000000236. The molecule has 5 heteroatoms. The molecule has 0 heterocycles. The first-order valence-corrected chi connectivity index (χ1v) is 13.8. The SMILES string of the molecule is CC(C)(C)C1(C)CC1.CC(C)(C)C1(C)CC1.CC(C)C1(C(F)(F)F)CCC1.CC(C)C1CC1(F)F. The minimum atomic E-state index is -3.99. The monoisotopic (exact) mass is 510 g/mol. The molecular weight excluding hydrogens is 455 g/mol. The Hall–Kier alpha value is -0.350. The summed E-state index contributed by atoms with van der Waals surface area (Å²) in [6.07, 6.45) is 3.28. The number of hydrogen-bond donors (Lipinski definition) is 0. The van der Waals surface area contributed by atoms with E-state index in [0.29, 0.717) is 34.5 Å². The van der Waals surface area contributed by atoms with Gasteiger partial charge in [-0.2, -0.15) is 13.2 Å². The van der Waals surface area contributed by atoms with Crippen LogP contribution in [0.1, 0.15) is 134 Å². The van der Waals surface area contributed by atoms with Crippen LogP contribution in [-0.2, 0) is 0 Å². The molecule has 0 aromatic carbocycles. The second-order valence-electron chi connectivity index (χ2n) is 15.1. The topological polar surface area (TPSA) is 0 Å². The molecule has 1 unspecified atom stereocenters. The molecule has 4 fully saturated rings. The van der Waals surface area contributed by atoms with E-state index in [1.807, 2.05) is 13.8 Å². The summed E-state index contributed by atoms with van der Waals surface area (Å²) in [5, 5.41) is 0. The molecular formula is C30H55F5. The number of rotatable bonds is 2. The van der Waals surface area contributed by atoms with Crippen molar-refractivity contribution in [3.8, 4) is 0 Å². The summed E-state index contributed by atoms with van der Waals surface area (Å²) in [5.74, 6) is -2.74.